The van der Waals surface area contributed by atoms with E-state index in [1.54, 1.807) is 0 Å². The average Bonchev–Trinajstić information content (AvgIpc) is 2.78. The van der Waals surface area contributed by atoms with E-state index in [2.05, 4.69) is 40.5 Å². The van der Waals surface area contributed by atoms with Gasteiger partial charge in [-0.15, -0.1) is 0 Å². The lowest BCUT2D eigenvalue weighted by Gasteiger charge is -2.29. The molecular formula is C24H30N2O3. The normalized spacial score (nSPS) is 17.3. The topological polar surface area (TPSA) is 50.8 Å². The zero-order valence-electron chi connectivity index (χ0n) is 17.2. The molecule has 0 radical (unpaired) electrons. The Morgan fingerprint density at radius 2 is 1.86 bits per heavy atom. The third-order valence-corrected chi connectivity index (χ3v) is 5.81. The van der Waals surface area contributed by atoms with Crippen LogP contribution in [0.4, 0.5) is 5.69 Å². The van der Waals surface area contributed by atoms with Crippen molar-refractivity contribution in [1.82, 2.24) is 5.32 Å². The summed E-state index contributed by atoms with van der Waals surface area (Å²) < 4.78 is 11.4. The van der Waals surface area contributed by atoms with Crippen LogP contribution in [-0.2, 0) is 28.9 Å². The number of ether oxygens (including phenoxy) is 2. The molecule has 1 heterocycles. The average molecular weight is 395 g/mol. The van der Waals surface area contributed by atoms with Crippen LogP contribution in [0.1, 0.15) is 36.5 Å². The Kier molecular flexibility index (Phi) is 6.35. The quantitative estimate of drug-likeness (QED) is 0.815. The smallest absolute Gasteiger partial charge is 0.261 e. The lowest BCUT2D eigenvalue weighted by Crippen LogP contribution is -2.36. The van der Waals surface area contributed by atoms with Gasteiger partial charge in [0.15, 0.2) is 6.10 Å². The monoisotopic (exact) mass is 394 g/mol. The number of amides is 1. The van der Waals surface area contributed by atoms with Crippen LogP contribution < -0.4 is 15.0 Å². The van der Waals surface area contributed by atoms with Crippen molar-refractivity contribution in [1.29, 1.82) is 0 Å². The first-order chi connectivity index (χ1) is 14.2. The standard InChI is InChI=1S/C24H30N2O3/c1-18(29-23-8-4-6-20-5-2-3-7-22(20)23)24(27)25-17-19-9-11-21(12-10-19)26-13-15-28-16-14-26/h4,6,8-12,18H,2-3,5,7,13-17H2,1H3,(H,25,27). The van der Waals surface area contributed by atoms with Gasteiger partial charge in [-0.25, -0.2) is 0 Å². The maximum absolute atomic E-state index is 12.5. The van der Waals surface area contributed by atoms with Crippen molar-refractivity contribution in [3.63, 3.8) is 0 Å². The van der Waals surface area contributed by atoms with Gasteiger partial charge in [0.2, 0.25) is 0 Å². The zero-order valence-corrected chi connectivity index (χ0v) is 17.2. The molecule has 1 saturated heterocycles. The van der Waals surface area contributed by atoms with Crippen molar-refractivity contribution in [3.8, 4) is 5.75 Å². The Labute approximate surface area is 173 Å². The van der Waals surface area contributed by atoms with Crippen molar-refractivity contribution in [2.24, 2.45) is 0 Å². The van der Waals surface area contributed by atoms with Crippen molar-refractivity contribution in [3.05, 3.63) is 59.2 Å². The van der Waals surface area contributed by atoms with E-state index in [4.69, 9.17) is 9.47 Å². The minimum atomic E-state index is -0.518. The number of nitrogens with one attached hydrogen (secondary N) is 1. The first-order valence-electron chi connectivity index (χ1n) is 10.7. The van der Waals surface area contributed by atoms with E-state index >= 15 is 0 Å². The summed E-state index contributed by atoms with van der Waals surface area (Å²) in [6.07, 6.45) is 4.05. The van der Waals surface area contributed by atoms with E-state index in [0.29, 0.717) is 6.54 Å². The van der Waals surface area contributed by atoms with Crippen molar-refractivity contribution in [2.45, 2.75) is 45.3 Å². The fourth-order valence-electron chi connectivity index (χ4n) is 4.08. The van der Waals surface area contributed by atoms with Gasteiger partial charge in [0.05, 0.1) is 13.2 Å². The molecule has 5 heteroatoms. The van der Waals surface area contributed by atoms with Crippen molar-refractivity contribution < 1.29 is 14.3 Å². The van der Waals surface area contributed by atoms with Crippen LogP contribution in [0, 0.1) is 0 Å². The van der Waals surface area contributed by atoms with Gasteiger partial charge in [-0.1, -0.05) is 24.3 Å². The van der Waals surface area contributed by atoms with E-state index in [1.165, 1.54) is 29.7 Å². The van der Waals surface area contributed by atoms with Crippen LogP contribution in [-0.4, -0.2) is 38.3 Å². The van der Waals surface area contributed by atoms with Crippen molar-refractivity contribution in [2.75, 3.05) is 31.2 Å². The molecule has 1 aliphatic heterocycles. The molecule has 1 atom stereocenters. The number of fused-ring (bicyclic) bond motifs is 1. The number of carbonyl (C=O) groups excluding carboxylic acids is 1. The van der Waals surface area contributed by atoms with Gasteiger partial charge in [0, 0.05) is 25.3 Å². The van der Waals surface area contributed by atoms with Crippen LogP contribution in [0.2, 0.25) is 0 Å². The fraction of sp³-hybridized carbons (Fsp3) is 0.458. The summed E-state index contributed by atoms with van der Waals surface area (Å²) in [5.74, 6) is 0.774. The van der Waals surface area contributed by atoms with Gasteiger partial charge >= 0.3 is 0 Å². The molecule has 154 valence electrons. The SMILES string of the molecule is CC(Oc1cccc2c1CCCC2)C(=O)NCc1ccc(N2CCOCC2)cc1. The summed E-state index contributed by atoms with van der Waals surface area (Å²) in [4.78, 5) is 14.9. The van der Waals surface area contributed by atoms with Crippen LogP contribution in [0.25, 0.3) is 0 Å². The lowest BCUT2D eigenvalue weighted by molar-refractivity contribution is -0.127. The fourth-order valence-corrected chi connectivity index (χ4v) is 4.08. The molecule has 1 amide bonds. The molecular weight excluding hydrogens is 364 g/mol. The van der Waals surface area contributed by atoms with E-state index in [0.717, 1.165) is 50.5 Å². The number of nitrogens with zero attached hydrogens (tertiary/aromatic N) is 1. The Balaban J connectivity index is 1.30. The van der Waals surface area contributed by atoms with Crippen LogP contribution in [0.5, 0.6) is 5.75 Å². The second kappa shape index (κ2) is 9.31. The molecule has 4 rings (SSSR count). The Morgan fingerprint density at radius 3 is 2.66 bits per heavy atom. The molecule has 0 bridgehead atoms. The molecule has 1 unspecified atom stereocenters. The van der Waals surface area contributed by atoms with Crippen LogP contribution >= 0.6 is 0 Å². The maximum atomic E-state index is 12.5. The molecule has 2 aliphatic rings. The maximum Gasteiger partial charge on any atom is 0.261 e. The third-order valence-electron chi connectivity index (χ3n) is 5.81. The summed E-state index contributed by atoms with van der Waals surface area (Å²) >= 11 is 0. The molecule has 29 heavy (non-hydrogen) atoms. The minimum Gasteiger partial charge on any atom is -0.481 e. The molecule has 2 aromatic carbocycles. The van der Waals surface area contributed by atoms with Gasteiger partial charge in [-0.05, 0) is 67.5 Å². The number of carbonyl (C=O) groups is 1. The number of benzene rings is 2. The number of morpholine rings is 1. The predicted molar refractivity (Wildman–Crippen MR) is 114 cm³/mol. The van der Waals surface area contributed by atoms with Gasteiger partial charge < -0.3 is 19.7 Å². The van der Waals surface area contributed by atoms with Gasteiger partial charge in [-0.3, -0.25) is 4.79 Å². The Hall–Kier alpha value is -2.53. The van der Waals surface area contributed by atoms with Gasteiger partial charge in [0.1, 0.15) is 5.75 Å². The Morgan fingerprint density at radius 1 is 1.10 bits per heavy atom. The highest BCUT2D eigenvalue weighted by atomic mass is 16.5. The summed E-state index contributed by atoms with van der Waals surface area (Å²) in [5, 5.41) is 3.00. The third kappa shape index (κ3) is 4.91. The number of rotatable bonds is 6. The highest BCUT2D eigenvalue weighted by molar-refractivity contribution is 5.80. The summed E-state index contributed by atoms with van der Waals surface area (Å²) in [7, 11) is 0. The molecule has 0 aromatic heterocycles. The van der Waals surface area contributed by atoms with E-state index in [9.17, 15) is 4.79 Å². The Bertz CT molecular complexity index is 829. The lowest BCUT2D eigenvalue weighted by atomic mass is 9.91. The van der Waals surface area contributed by atoms with E-state index in [1.807, 2.05) is 19.1 Å². The van der Waals surface area contributed by atoms with E-state index < -0.39 is 6.10 Å². The molecule has 1 N–H and O–H groups in total. The summed E-state index contributed by atoms with van der Waals surface area (Å²) in [6, 6.07) is 14.6. The highest BCUT2D eigenvalue weighted by Crippen LogP contribution is 2.30. The van der Waals surface area contributed by atoms with Crippen LogP contribution in [0.3, 0.4) is 0 Å². The largest absolute Gasteiger partial charge is 0.481 e. The highest BCUT2D eigenvalue weighted by Gasteiger charge is 2.19. The molecule has 0 spiro atoms. The van der Waals surface area contributed by atoms with Gasteiger partial charge in [0.25, 0.3) is 5.91 Å². The number of aryl methyl sites for hydroxylation is 1. The molecule has 1 aliphatic carbocycles. The number of hydrogen-bond donors (Lipinski definition) is 1. The summed E-state index contributed by atoms with van der Waals surface area (Å²) in [6.45, 7) is 5.73. The van der Waals surface area contributed by atoms with E-state index in [-0.39, 0.29) is 5.91 Å². The van der Waals surface area contributed by atoms with Crippen LogP contribution in [0.15, 0.2) is 42.5 Å². The molecule has 0 saturated carbocycles. The number of anilines is 1. The molecule has 5 nitrogen and oxygen atoms in total. The zero-order chi connectivity index (χ0) is 20.1. The minimum absolute atomic E-state index is 0.0873. The summed E-state index contributed by atoms with van der Waals surface area (Å²) in [5.41, 5.74) is 4.92. The molecule has 1 fully saturated rings. The first kappa shape index (κ1) is 19.8. The second-order valence-electron chi connectivity index (χ2n) is 7.84. The number of hydrogen-bond acceptors (Lipinski definition) is 4. The molecule has 2 aromatic rings. The predicted octanol–water partition coefficient (Wildman–Crippen LogP) is 3.49. The first-order valence-corrected chi connectivity index (χ1v) is 10.7. The van der Waals surface area contributed by atoms with Gasteiger partial charge in [-0.2, -0.15) is 0 Å². The van der Waals surface area contributed by atoms with Crippen molar-refractivity contribution >= 4 is 11.6 Å². The second-order valence-corrected chi connectivity index (χ2v) is 7.84.